The number of rotatable bonds is 4. The molecule has 13 heavy (non-hydrogen) atoms. The summed E-state index contributed by atoms with van der Waals surface area (Å²) in [6, 6.07) is 0. The Hall–Kier alpha value is -0.530. The van der Waals surface area contributed by atoms with Gasteiger partial charge in [-0.2, -0.15) is 0 Å². The predicted molar refractivity (Wildman–Crippen MR) is 54.4 cm³/mol. The second-order valence-corrected chi connectivity index (χ2v) is 5.23. The highest BCUT2D eigenvalue weighted by Gasteiger charge is 2.28. The highest BCUT2D eigenvalue weighted by molar-refractivity contribution is 5.80. The third kappa shape index (κ3) is 4.91. The minimum atomic E-state index is 0.272. The van der Waals surface area contributed by atoms with E-state index in [0.717, 1.165) is 25.8 Å². The Labute approximate surface area is 81.1 Å². The van der Waals surface area contributed by atoms with Crippen molar-refractivity contribution in [2.45, 2.75) is 46.5 Å². The molecule has 1 aliphatic carbocycles. The van der Waals surface area contributed by atoms with E-state index in [2.05, 4.69) is 26.1 Å². The van der Waals surface area contributed by atoms with Crippen LogP contribution in [0.2, 0.25) is 0 Å². The fraction of sp³-hybridized carbons (Fsp3) is 0.909. The first-order valence-electron chi connectivity index (χ1n) is 5.27. The van der Waals surface area contributed by atoms with E-state index in [0.29, 0.717) is 11.3 Å². The number of carbonyl (C=O) groups excluding carboxylic acids is 1. The number of nitrogens with one attached hydrogen (secondary N) is 1. The Kier molecular flexibility index (Phi) is 3.34. The van der Waals surface area contributed by atoms with Crippen molar-refractivity contribution in [2.75, 3.05) is 6.54 Å². The van der Waals surface area contributed by atoms with Gasteiger partial charge in [-0.1, -0.05) is 20.8 Å². The lowest BCUT2D eigenvalue weighted by Crippen LogP contribution is -2.26. The van der Waals surface area contributed by atoms with Crippen LogP contribution in [-0.2, 0) is 4.79 Å². The van der Waals surface area contributed by atoms with Crippen molar-refractivity contribution in [3.05, 3.63) is 0 Å². The minimum absolute atomic E-state index is 0.272. The quantitative estimate of drug-likeness (QED) is 0.666. The highest BCUT2D eigenvalue weighted by atomic mass is 16.2. The largest absolute Gasteiger partial charge is 0.356 e. The summed E-state index contributed by atoms with van der Waals surface area (Å²) >= 11 is 0. The van der Waals surface area contributed by atoms with Gasteiger partial charge in [-0.15, -0.1) is 0 Å². The summed E-state index contributed by atoms with van der Waals surface area (Å²) in [5.74, 6) is 0.628. The van der Waals surface area contributed by atoms with E-state index in [1.54, 1.807) is 0 Å². The molecule has 1 aliphatic rings. The highest BCUT2D eigenvalue weighted by Crippen LogP contribution is 2.28. The van der Waals surface area contributed by atoms with Crippen molar-refractivity contribution >= 4 is 5.91 Å². The zero-order valence-electron chi connectivity index (χ0n) is 9.02. The fourth-order valence-corrected chi connectivity index (χ4v) is 1.32. The van der Waals surface area contributed by atoms with Crippen molar-refractivity contribution in [3.8, 4) is 0 Å². The maximum Gasteiger partial charge on any atom is 0.223 e. The van der Waals surface area contributed by atoms with Gasteiger partial charge in [-0.3, -0.25) is 4.79 Å². The van der Waals surface area contributed by atoms with Crippen LogP contribution in [-0.4, -0.2) is 12.5 Å². The molecule has 1 rings (SSSR count). The summed E-state index contributed by atoms with van der Waals surface area (Å²) in [5, 5.41) is 2.98. The first-order valence-corrected chi connectivity index (χ1v) is 5.27. The first kappa shape index (κ1) is 10.6. The lowest BCUT2D eigenvalue weighted by atomic mass is 9.91. The summed E-state index contributed by atoms with van der Waals surface area (Å²) in [7, 11) is 0. The third-order valence-corrected chi connectivity index (χ3v) is 2.35. The Morgan fingerprint density at radius 3 is 2.46 bits per heavy atom. The molecule has 0 aliphatic heterocycles. The van der Waals surface area contributed by atoms with Gasteiger partial charge in [0, 0.05) is 12.5 Å². The molecule has 0 aromatic carbocycles. The van der Waals surface area contributed by atoms with E-state index in [1.807, 2.05) is 0 Å². The molecule has 2 heteroatoms. The van der Waals surface area contributed by atoms with Gasteiger partial charge in [-0.05, 0) is 31.1 Å². The topological polar surface area (TPSA) is 29.1 Å². The normalized spacial score (nSPS) is 17.2. The van der Waals surface area contributed by atoms with Gasteiger partial charge < -0.3 is 5.32 Å². The standard InChI is InChI=1S/C11H21NO/c1-11(2,3)7-4-8-12-10(13)9-5-6-9/h9H,4-8H2,1-3H3,(H,12,13). The average molecular weight is 183 g/mol. The van der Waals surface area contributed by atoms with E-state index < -0.39 is 0 Å². The van der Waals surface area contributed by atoms with Crippen LogP contribution in [0, 0.1) is 11.3 Å². The van der Waals surface area contributed by atoms with E-state index >= 15 is 0 Å². The molecule has 76 valence electrons. The number of hydrogen-bond acceptors (Lipinski definition) is 1. The molecular formula is C11H21NO. The van der Waals surface area contributed by atoms with Crippen LogP contribution >= 0.6 is 0 Å². The average Bonchev–Trinajstić information content (AvgIpc) is 2.77. The predicted octanol–water partition coefficient (Wildman–Crippen LogP) is 2.34. The van der Waals surface area contributed by atoms with Crippen LogP contribution in [0.15, 0.2) is 0 Å². The molecule has 0 unspecified atom stereocenters. The van der Waals surface area contributed by atoms with Gasteiger partial charge in [-0.25, -0.2) is 0 Å². The molecule has 0 aromatic heterocycles. The summed E-state index contributed by atoms with van der Waals surface area (Å²) in [6.07, 6.45) is 4.48. The molecule has 0 aromatic rings. The molecule has 0 atom stereocenters. The zero-order valence-corrected chi connectivity index (χ0v) is 9.02. The lowest BCUT2D eigenvalue weighted by Gasteiger charge is -2.17. The molecule has 0 bridgehead atoms. The van der Waals surface area contributed by atoms with Gasteiger partial charge in [0.2, 0.25) is 5.91 Å². The molecular weight excluding hydrogens is 162 g/mol. The number of amides is 1. The van der Waals surface area contributed by atoms with Gasteiger partial charge in [0.05, 0.1) is 0 Å². The van der Waals surface area contributed by atoms with E-state index in [9.17, 15) is 4.79 Å². The molecule has 1 amide bonds. The Bertz CT molecular complexity index is 177. The maximum absolute atomic E-state index is 11.2. The van der Waals surface area contributed by atoms with Crippen LogP contribution in [0.3, 0.4) is 0 Å². The zero-order chi connectivity index (χ0) is 9.90. The summed E-state index contributed by atoms with van der Waals surface area (Å²) in [6.45, 7) is 7.55. The number of carbonyl (C=O) groups is 1. The molecule has 1 fully saturated rings. The van der Waals surface area contributed by atoms with Crippen LogP contribution in [0.1, 0.15) is 46.5 Å². The van der Waals surface area contributed by atoms with E-state index in [1.165, 1.54) is 6.42 Å². The van der Waals surface area contributed by atoms with Crippen molar-refractivity contribution in [1.82, 2.24) is 5.32 Å². The van der Waals surface area contributed by atoms with Gasteiger partial charge in [0.15, 0.2) is 0 Å². The first-order chi connectivity index (χ1) is 5.99. The summed E-state index contributed by atoms with van der Waals surface area (Å²) < 4.78 is 0. The van der Waals surface area contributed by atoms with E-state index in [-0.39, 0.29) is 5.91 Å². The smallest absolute Gasteiger partial charge is 0.223 e. The van der Waals surface area contributed by atoms with Crippen molar-refractivity contribution < 1.29 is 4.79 Å². The van der Waals surface area contributed by atoms with Crippen LogP contribution in [0.5, 0.6) is 0 Å². The number of hydrogen-bond donors (Lipinski definition) is 1. The van der Waals surface area contributed by atoms with Gasteiger partial charge in [0.25, 0.3) is 0 Å². The molecule has 1 saturated carbocycles. The molecule has 1 N–H and O–H groups in total. The van der Waals surface area contributed by atoms with Crippen LogP contribution in [0.25, 0.3) is 0 Å². The second kappa shape index (κ2) is 4.12. The Balaban J connectivity index is 1.97. The second-order valence-electron chi connectivity index (χ2n) is 5.23. The molecule has 0 saturated heterocycles. The maximum atomic E-state index is 11.2. The lowest BCUT2D eigenvalue weighted by molar-refractivity contribution is -0.122. The van der Waals surface area contributed by atoms with Crippen molar-refractivity contribution in [3.63, 3.8) is 0 Å². The van der Waals surface area contributed by atoms with Crippen LogP contribution in [0.4, 0.5) is 0 Å². The van der Waals surface area contributed by atoms with E-state index in [4.69, 9.17) is 0 Å². The van der Waals surface area contributed by atoms with Crippen LogP contribution < -0.4 is 5.32 Å². The van der Waals surface area contributed by atoms with Gasteiger partial charge >= 0.3 is 0 Å². The molecule has 2 nitrogen and oxygen atoms in total. The minimum Gasteiger partial charge on any atom is -0.356 e. The van der Waals surface area contributed by atoms with Crippen molar-refractivity contribution in [2.24, 2.45) is 11.3 Å². The SMILES string of the molecule is CC(C)(C)CCCNC(=O)C1CC1. The fourth-order valence-electron chi connectivity index (χ4n) is 1.32. The summed E-state index contributed by atoms with van der Waals surface area (Å²) in [4.78, 5) is 11.2. The molecule has 0 spiro atoms. The monoisotopic (exact) mass is 183 g/mol. The Morgan fingerprint density at radius 1 is 1.38 bits per heavy atom. The molecule has 0 heterocycles. The van der Waals surface area contributed by atoms with Crippen molar-refractivity contribution in [1.29, 1.82) is 0 Å². The Morgan fingerprint density at radius 2 is 2.00 bits per heavy atom. The molecule has 0 radical (unpaired) electrons. The van der Waals surface area contributed by atoms with Gasteiger partial charge in [0.1, 0.15) is 0 Å². The summed E-state index contributed by atoms with van der Waals surface area (Å²) in [5.41, 5.74) is 0.393. The third-order valence-electron chi connectivity index (χ3n) is 2.35.